The van der Waals surface area contributed by atoms with Crippen molar-refractivity contribution >= 4 is 46.6 Å². The third-order valence-corrected chi connectivity index (χ3v) is 5.47. The van der Waals surface area contributed by atoms with E-state index in [4.69, 9.17) is 27.9 Å². The van der Waals surface area contributed by atoms with E-state index in [1.807, 2.05) is 0 Å². The fourth-order valence-corrected chi connectivity index (χ4v) is 3.33. The van der Waals surface area contributed by atoms with Crippen LogP contribution in [0.5, 0.6) is 0 Å². The van der Waals surface area contributed by atoms with E-state index in [1.54, 1.807) is 36.4 Å². The number of nitrogens with one attached hydrogen (secondary N) is 1. The molecule has 0 radical (unpaired) electrons. The molecule has 0 aliphatic heterocycles. The summed E-state index contributed by atoms with van der Waals surface area (Å²) in [4.78, 5) is 21.4. The van der Waals surface area contributed by atoms with Gasteiger partial charge in [0.05, 0.1) is 17.2 Å². The van der Waals surface area contributed by atoms with Crippen LogP contribution in [0, 0.1) is 0 Å². The number of halogens is 5. The summed E-state index contributed by atoms with van der Waals surface area (Å²) < 4.78 is 46.4. The lowest BCUT2D eigenvalue weighted by molar-refractivity contribution is -0.142. The lowest BCUT2D eigenvalue weighted by atomic mass is 10.1. The van der Waals surface area contributed by atoms with E-state index in [-0.39, 0.29) is 17.5 Å². The molecule has 1 aromatic heterocycles. The number of ether oxygens (including phenoxy) is 1. The van der Waals surface area contributed by atoms with E-state index < -0.39 is 29.6 Å². The second-order valence-electron chi connectivity index (χ2n) is 7.00. The molecule has 3 aromatic rings. The van der Waals surface area contributed by atoms with E-state index in [9.17, 15) is 18.0 Å². The molecular formula is C22H19Cl2F3N4O2. The van der Waals surface area contributed by atoms with Gasteiger partial charge in [0, 0.05) is 18.4 Å². The van der Waals surface area contributed by atoms with Crippen molar-refractivity contribution in [2.24, 2.45) is 0 Å². The van der Waals surface area contributed by atoms with E-state index in [0.29, 0.717) is 22.5 Å². The van der Waals surface area contributed by atoms with Gasteiger partial charge in [-0.1, -0.05) is 53.5 Å². The van der Waals surface area contributed by atoms with Gasteiger partial charge in [-0.25, -0.2) is 9.78 Å². The van der Waals surface area contributed by atoms with Crippen LogP contribution in [-0.4, -0.2) is 29.1 Å². The average Bonchev–Trinajstić information content (AvgIpc) is 2.79. The standard InChI is InChI=1S/C22H19Cl2F3N4O2/c1-13(20(32)33-2)31(12-14-6-4-3-5-7-14)19-16(22(25,26)27)11-28-21(30-19)29-15-8-9-17(23)18(24)10-15/h3-11,13H,12H2,1-2H3,(H,28,29,30). The second-order valence-corrected chi connectivity index (χ2v) is 7.81. The normalized spacial score (nSPS) is 12.2. The Kier molecular flexibility index (Phi) is 7.65. The molecule has 11 heteroatoms. The summed E-state index contributed by atoms with van der Waals surface area (Å²) >= 11 is 11.9. The number of nitrogens with zero attached hydrogens (tertiary/aromatic N) is 3. The van der Waals surface area contributed by atoms with E-state index in [1.165, 1.54) is 31.1 Å². The Morgan fingerprint density at radius 1 is 1.15 bits per heavy atom. The van der Waals surface area contributed by atoms with Crippen LogP contribution >= 0.6 is 23.2 Å². The van der Waals surface area contributed by atoms with E-state index in [2.05, 4.69) is 15.3 Å². The summed E-state index contributed by atoms with van der Waals surface area (Å²) in [6.07, 6.45) is -4.09. The summed E-state index contributed by atoms with van der Waals surface area (Å²) in [5.74, 6) is -1.30. The van der Waals surface area contributed by atoms with Gasteiger partial charge in [0.15, 0.2) is 0 Å². The summed E-state index contributed by atoms with van der Waals surface area (Å²) in [5, 5.41) is 3.38. The summed E-state index contributed by atoms with van der Waals surface area (Å²) in [7, 11) is 1.17. The van der Waals surface area contributed by atoms with Crippen LogP contribution in [0.4, 0.5) is 30.6 Å². The lowest BCUT2D eigenvalue weighted by Crippen LogP contribution is -2.41. The third kappa shape index (κ3) is 6.06. The van der Waals surface area contributed by atoms with Crippen LogP contribution < -0.4 is 10.2 Å². The smallest absolute Gasteiger partial charge is 0.421 e. The number of esters is 1. The molecule has 0 amide bonds. The SMILES string of the molecule is COC(=O)C(C)N(Cc1ccccc1)c1nc(Nc2ccc(Cl)c(Cl)c2)ncc1C(F)(F)F. The van der Waals surface area contributed by atoms with Crippen LogP contribution in [0.25, 0.3) is 0 Å². The fraction of sp³-hybridized carbons (Fsp3) is 0.227. The van der Waals surface area contributed by atoms with Crippen molar-refractivity contribution in [3.63, 3.8) is 0 Å². The fourth-order valence-electron chi connectivity index (χ4n) is 3.03. The van der Waals surface area contributed by atoms with Gasteiger partial charge >= 0.3 is 12.1 Å². The quantitative estimate of drug-likeness (QED) is 0.396. The van der Waals surface area contributed by atoms with Crippen molar-refractivity contribution in [1.29, 1.82) is 0 Å². The van der Waals surface area contributed by atoms with Crippen molar-refractivity contribution in [3.05, 3.63) is 75.9 Å². The van der Waals surface area contributed by atoms with Crippen molar-refractivity contribution in [2.75, 3.05) is 17.3 Å². The van der Waals surface area contributed by atoms with Crippen molar-refractivity contribution in [3.8, 4) is 0 Å². The first-order chi connectivity index (χ1) is 15.6. The largest absolute Gasteiger partial charge is 0.467 e. The molecule has 0 saturated carbocycles. The minimum absolute atomic E-state index is 0.0244. The predicted octanol–water partition coefficient (Wildman–Crippen LogP) is 6.11. The number of anilines is 3. The molecule has 3 rings (SSSR count). The zero-order valence-corrected chi connectivity index (χ0v) is 19.0. The molecule has 0 aliphatic carbocycles. The average molecular weight is 499 g/mol. The molecule has 1 heterocycles. The van der Waals surface area contributed by atoms with Crippen molar-refractivity contribution in [1.82, 2.24) is 9.97 Å². The summed E-state index contributed by atoms with van der Waals surface area (Å²) in [6, 6.07) is 12.3. The summed E-state index contributed by atoms with van der Waals surface area (Å²) in [6.45, 7) is 1.42. The minimum atomic E-state index is -4.76. The molecule has 33 heavy (non-hydrogen) atoms. The molecule has 0 bridgehead atoms. The van der Waals surface area contributed by atoms with Gasteiger partial charge in [0.1, 0.15) is 17.4 Å². The highest BCUT2D eigenvalue weighted by atomic mass is 35.5. The number of hydrogen-bond acceptors (Lipinski definition) is 6. The van der Waals surface area contributed by atoms with Gasteiger partial charge in [-0.15, -0.1) is 0 Å². The third-order valence-electron chi connectivity index (χ3n) is 4.73. The number of alkyl halides is 3. The van der Waals surface area contributed by atoms with Crippen LogP contribution in [-0.2, 0) is 22.3 Å². The van der Waals surface area contributed by atoms with Crippen LogP contribution in [0.15, 0.2) is 54.7 Å². The Labute approximate surface area is 198 Å². The first-order valence-electron chi connectivity index (χ1n) is 9.65. The maximum Gasteiger partial charge on any atom is 0.421 e. The number of carbonyl (C=O) groups excluding carboxylic acids is 1. The van der Waals surface area contributed by atoms with Gasteiger partial charge < -0.3 is 15.0 Å². The Morgan fingerprint density at radius 3 is 2.45 bits per heavy atom. The number of hydrogen-bond donors (Lipinski definition) is 1. The van der Waals surface area contributed by atoms with Crippen LogP contribution in [0.3, 0.4) is 0 Å². The van der Waals surface area contributed by atoms with Gasteiger partial charge in [0.25, 0.3) is 0 Å². The van der Waals surface area contributed by atoms with Crippen molar-refractivity contribution in [2.45, 2.75) is 25.7 Å². The molecule has 1 N–H and O–H groups in total. The lowest BCUT2D eigenvalue weighted by Gasteiger charge is -2.30. The van der Waals surface area contributed by atoms with E-state index >= 15 is 0 Å². The number of methoxy groups -OCH3 is 1. The number of aromatic nitrogens is 2. The maximum absolute atomic E-state index is 13.9. The number of benzene rings is 2. The van der Waals surface area contributed by atoms with Gasteiger partial charge in [-0.2, -0.15) is 18.2 Å². The van der Waals surface area contributed by atoms with Crippen molar-refractivity contribution < 1.29 is 22.7 Å². The molecule has 0 saturated heterocycles. The highest BCUT2D eigenvalue weighted by Gasteiger charge is 2.39. The minimum Gasteiger partial charge on any atom is -0.467 e. The first kappa shape index (κ1) is 24.6. The Hall–Kier alpha value is -3.04. The molecule has 0 spiro atoms. The van der Waals surface area contributed by atoms with E-state index in [0.717, 1.165) is 0 Å². The van der Waals surface area contributed by atoms with Crippen LogP contribution in [0.1, 0.15) is 18.1 Å². The molecule has 174 valence electrons. The van der Waals surface area contributed by atoms with Gasteiger partial charge in [-0.3, -0.25) is 0 Å². The number of carbonyl (C=O) groups is 1. The maximum atomic E-state index is 13.9. The summed E-state index contributed by atoms with van der Waals surface area (Å²) in [5.41, 5.74) is 0.0126. The Morgan fingerprint density at radius 2 is 1.85 bits per heavy atom. The zero-order valence-electron chi connectivity index (χ0n) is 17.5. The monoisotopic (exact) mass is 498 g/mol. The molecule has 1 atom stereocenters. The molecular weight excluding hydrogens is 480 g/mol. The zero-order chi connectivity index (χ0) is 24.2. The molecule has 1 unspecified atom stereocenters. The molecule has 0 fully saturated rings. The topological polar surface area (TPSA) is 67.3 Å². The first-order valence-corrected chi connectivity index (χ1v) is 10.4. The Balaban J connectivity index is 2.09. The van der Waals surface area contributed by atoms with Gasteiger partial charge in [-0.05, 0) is 30.7 Å². The molecule has 0 aliphatic rings. The molecule has 6 nitrogen and oxygen atoms in total. The highest BCUT2D eigenvalue weighted by molar-refractivity contribution is 6.42. The predicted molar refractivity (Wildman–Crippen MR) is 121 cm³/mol. The Bertz CT molecular complexity index is 1130. The number of rotatable bonds is 7. The van der Waals surface area contributed by atoms with Crippen LogP contribution in [0.2, 0.25) is 10.0 Å². The second kappa shape index (κ2) is 10.3. The highest BCUT2D eigenvalue weighted by Crippen LogP contribution is 2.37. The molecule has 2 aromatic carbocycles. The van der Waals surface area contributed by atoms with Gasteiger partial charge in [0.2, 0.25) is 5.95 Å².